The first-order valence-corrected chi connectivity index (χ1v) is 9.99. The number of aromatic carboxylic acids is 1. The van der Waals surface area contributed by atoms with Crippen LogP contribution in [0.2, 0.25) is 0 Å². The van der Waals surface area contributed by atoms with E-state index in [2.05, 4.69) is 19.9 Å². The van der Waals surface area contributed by atoms with E-state index in [4.69, 9.17) is 4.74 Å². The molecule has 0 radical (unpaired) electrons. The van der Waals surface area contributed by atoms with Gasteiger partial charge in [-0.05, 0) is 57.2 Å². The molecule has 0 amide bonds. The van der Waals surface area contributed by atoms with E-state index in [0.717, 1.165) is 24.0 Å². The second-order valence-electron chi connectivity index (χ2n) is 7.48. The molecule has 0 aliphatic rings. The molecule has 0 spiro atoms. The number of phenols is 1. The third-order valence-electron chi connectivity index (χ3n) is 4.82. The van der Waals surface area contributed by atoms with Gasteiger partial charge in [0.15, 0.2) is 0 Å². The Morgan fingerprint density at radius 1 is 1.10 bits per heavy atom. The van der Waals surface area contributed by atoms with Crippen molar-refractivity contribution >= 4 is 18.1 Å². The summed E-state index contributed by atoms with van der Waals surface area (Å²) in [6, 6.07) is 11.1. The quantitative estimate of drug-likeness (QED) is 0.378. The zero-order valence-electron chi connectivity index (χ0n) is 19.1. The summed E-state index contributed by atoms with van der Waals surface area (Å²) in [5, 5.41) is 22.5. The van der Waals surface area contributed by atoms with Gasteiger partial charge in [-0.2, -0.15) is 0 Å². The van der Waals surface area contributed by atoms with Crippen molar-refractivity contribution in [1.29, 1.82) is 0 Å². The maximum atomic E-state index is 11.8. The largest absolute Gasteiger partial charge is 1.00 e. The number of aromatic hydroxyl groups is 1. The smallest absolute Gasteiger partial charge is 0.545 e. The van der Waals surface area contributed by atoms with E-state index >= 15 is 0 Å². The number of allylic oxidation sites excluding steroid dienone is 4. The van der Waals surface area contributed by atoms with E-state index in [1.165, 1.54) is 12.7 Å². The number of hydrogen-bond donors (Lipinski definition) is 1. The van der Waals surface area contributed by atoms with Crippen LogP contribution in [-0.4, -0.2) is 18.2 Å². The number of ether oxygens (including phenoxy) is 1. The Morgan fingerprint density at radius 2 is 1.77 bits per heavy atom. The van der Waals surface area contributed by atoms with Gasteiger partial charge in [0.05, 0.1) is 13.1 Å². The van der Waals surface area contributed by atoms with Gasteiger partial charge in [0, 0.05) is 11.1 Å². The number of carbonyl (C=O) groups excluding carboxylic acids is 1. The number of carbonyl (C=O) groups is 1. The molecule has 0 atom stereocenters. The molecule has 1 N–H and O–H groups in total. The molecule has 0 unspecified atom stereocenters. The molecule has 0 saturated carbocycles. The molecule has 2 aromatic rings. The maximum absolute atomic E-state index is 11.8. The third kappa shape index (κ3) is 8.06. The van der Waals surface area contributed by atoms with E-state index in [1.54, 1.807) is 18.2 Å². The molecule has 0 heterocycles. The van der Waals surface area contributed by atoms with Gasteiger partial charge in [-0.15, -0.1) is 0 Å². The Balaban J connectivity index is 0.00000480. The number of hydrogen-bond acceptors (Lipinski definition) is 4. The minimum atomic E-state index is -1.42. The molecule has 0 aliphatic carbocycles. The molecular weight excluding hydrogens is 399 g/mol. The summed E-state index contributed by atoms with van der Waals surface area (Å²) in [6.07, 6.45) is 9.83. The Labute approximate surface area is 207 Å². The number of carboxylic acids is 1. The van der Waals surface area contributed by atoms with Crippen molar-refractivity contribution < 1.29 is 49.3 Å². The van der Waals surface area contributed by atoms with Crippen molar-refractivity contribution in [2.24, 2.45) is 0 Å². The predicted octanol–water partition coefficient (Wildman–Crippen LogP) is 2.17. The molecular formula is C26H29NaO4. The topological polar surface area (TPSA) is 69.6 Å². The summed E-state index contributed by atoms with van der Waals surface area (Å²) in [5.74, 6) is -1.29. The van der Waals surface area contributed by atoms with Crippen LogP contribution in [0.1, 0.15) is 60.7 Å². The van der Waals surface area contributed by atoms with Crippen molar-refractivity contribution in [2.75, 3.05) is 7.11 Å². The molecule has 158 valence electrons. The molecule has 2 rings (SSSR count). The van der Waals surface area contributed by atoms with E-state index in [-0.39, 0.29) is 40.9 Å². The summed E-state index contributed by atoms with van der Waals surface area (Å²) >= 11 is 0. The molecule has 0 saturated heterocycles. The number of rotatable bonds is 9. The number of methoxy groups -OCH3 is 1. The van der Waals surface area contributed by atoms with E-state index in [9.17, 15) is 15.0 Å². The van der Waals surface area contributed by atoms with Crippen LogP contribution in [0.25, 0.3) is 12.2 Å². The molecule has 4 nitrogen and oxygen atoms in total. The van der Waals surface area contributed by atoms with Crippen molar-refractivity contribution in [3.8, 4) is 11.5 Å². The van der Waals surface area contributed by atoms with Gasteiger partial charge in [0.1, 0.15) is 11.5 Å². The zero-order valence-corrected chi connectivity index (χ0v) is 21.1. The fourth-order valence-electron chi connectivity index (χ4n) is 3.15. The summed E-state index contributed by atoms with van der Waals surface area (Å²) in [5.41, 5.74) is 3.90. The Kier molecular flexibility index (Phi) is 11.4. The van der Waals surface area contributed by atoms with Crippen LogP contribution in [-0.2, 0) is 6.42 Å². The summed E-state index contributed by atoms with van der Waals surface area (Å²) in [7, 11) is 1.51. The van der Waals surface area contributed by atoms with Crippen molar-refractivity contribution in [3.63, 3.8) is 0 Å². The standard InChI is InChI=1S/C26H30O4.Na/c1-18(2)9-8-10-19(3)13-16-22-23(30-4)17-21(24(25(22)27)26(28)29)15-14-20-11-6-5-7-12-20;/h5-7,9,11-15,17,27H,8,10,16H2,1-4H3,(H,28,29);/q;+1/p-1/b15-14+,19-13+;. The normalized spacial score (nSPS) is 11.2. The van der Waals surface area contributed by atoms with Crippen LogP contribution >= 0.6 is 0 Å². The molecule has 0 bridgehead atoms. The number of carboxylic acid groups (broad SMARTS) is 1. The van der Waals surface area contributed by atoms with Gasteiger partial charge in [-0.3, -0.25) is 0 Å². The molecule has 0 aromatic heterocycles. The van der Waals surface area contributed by atoms with Gasteiger partial charge in [0.2, 0.25) is 0 Å². The zero-order chi connectivity index (χ0) is 22.1. The van der Waals surface area contributed by atoms with Crippen LogP contribution < -0.4 is 39.4 Å². The first-order valence-electron chi connectivity index (χ1n) is 9.99. The maximum Gasteiger partial charge on any atom is 1.00 e. The molecule has 5 heteroatoms. The van der Waals surface area contributed by atoms with Crippen LogP contribution in [0, 0.1) is 0 Å². The first-order chi connectivity index (χ1) is 14.3. The monoisotopic (exact) mass is 428 g/mol. The van der Waals surface area contributed by atoms with Gasteiger partial charge >= 0.3 is 29.6 Å². The van der Waals surface area contributed by atoms with Crippen molar-refractivity contribution in [3.05, 3.63) is 82.0 Å². The van der Waals surface area contributed by atoms with Gasteiger partial charge in [-0.25, -0.2) is 0 Å². The fourth-order valence-corrected chi connectivity index (χ4v) is 3.15. The molecule has 0 aliphatic heterocycles. The Bertz CT molecular complexity index is 969. The third-order valence-corrected chi connectivity index (χ3v) is 4.82. The average molecular weight is 429 g/mol. The number of benzene rings is 2. The average Bonchev–Trinajstić information content (AvgIpc) is 2.71. The molecule has 31 heavy (non-hydrogen) atoms. The van der Waals surface area contributed by atoms with Crippen LogP contribution in [0.4, 0.5) is 0 Å². The van der Waals surface area contributed by atoms with Crippen LogP contribution in [0.3, 0.4) is 0 Å². The first kappa shape index (κ1) is 26.8. The SMILES string of the molecule is COc1cc(/C=C/c2ccccc2)c(C(=O)[O-])c(O)c1C/C=C(\C)CCC=C(C)C.[Na+]. The summed E-state index contributed by atoms with van der Waals surface area (Å²) in [4.78, 5) is 11.8. The van der Waals surface area contributed by atoms with Crippen molar-refractivity contribution in [2.45, 2.75) is 40.0 Å². The molecule has 0 fully saturated rings. The molecule has 2 aromatic carbocycles. The van der Waals surface area contributed by atoms with Crippen LogP contribution in [0.5, 0.6) is 11.5 Å². The summed E-state index contributed by atoms with van der Waals surface area (Å²) in [6.45, 7) is 6.16. The van der Waals surface area contributed by atoms with Gasteiger partial charge < -0.3 is 19.7 Å². The predicted molar refractivity (Wildman–Crippen MR) is 120 cm³/mol. The van der Waals surface area contributed by atoms with E-state index in [1.807, 2.05) is 43.3 Å². The second-order valence-corrected chi connectivity index (χ2v) is 7.48. The summed E-state index contributed by atoms with van der Waals surface area (Å²) < 4.78 is 5.45. The van der Waals surface area contributed by atoms with Gasteiger partial charge in [0.25, 0.3) is 0 Å². The fraction of sp³-hybridized carbons (Fsp3) is 0.269. The Morgan fingerprint density at radius 3 is 2.35 bits per heavy atom. The van der Waals surface area contributed by atoms with Gasteiger partial charge in [-0.1, -0.05) is 65.8 Å². The van der Waals surface area contributed by atoms with E-state index < -0.39 is 5.97 Å². The second kappa shape index (κ2) is 13.2. The minimum Gasteiger partial charge on any atom is -0.545 e. The van der Waals surface area contributed by atoms with Crippen LogP contribution in [0.15, 0.2) is 59.7 Å². The van der Waals surface area contributed by atoms with E-state index in [0.29, 0.717) is 23.3 Å². The minimum absolute atomic E-state index is 0. The van der Waals surface area contributed by atoms with Crippen molar-refractivity contribution in [1.82, 2.24) is 0 Å². The Hall–Kier alpha value is -2.27.